The van der Waals surface area contributed by atoms with Crippen LogP contribution >= 0.6 is 26.2 Å². The molecular formula is C21H24FN8O10P2S2+. The second-order valence-corrected chi connectivity index (χ2v) is 14.3. The van der Waals surface area contributed by atoms with Crippen molar-refractivity contribution in [1.29, 1.82) is 0 Å². The first-order valence-corrected chi connectivity index (χ1v) is 17.8. The molecule has 2 unspecified atom stereocenters. The first-order chi connectivity index (χ1) is 21.0. The fraction of sp³-hybridized carbons (Fsp3) is 0.524. The number of thiol groups is 1. The average molecular weight is 694 g/mol. The van der Waals surface area contributed by atoms with Crippen molar-refractivity contribution in [2.24, 2.45) is 5.10 Å². The Kier molecular flexibility index (Phi) is 8.81. The number of ketones is 1. The van der Waals surface area contributed by atoms with E-state index in [4.69, 9.17) is 40.6 Å². The van der Waals surface area contributed by atoms with Gasteiger partial charge in [0.05, 0.1) is 37.9 Å². The van der Waals surface area contributed by atoms with E-state index in [9.17, 15) is 24.2 Å². The Hall–Kier alpha value is -2.55. The van der Waals surface area contributed by atoms with Gasteiger partial charge in [-0.3, -0.25) is 23.7 Å². The highest BCUT2D eigenvalue weighted by atomic mass is 32.7. The Morgan fingerprint density at radius 1 is 1.32 bits per heavy atom. The van der Waals surface area contributed by atoms with Crippen LogP contribution in [0.2, 0.25) is 0 Å². The summed E-state index contributed by atoms with van der Waals surface area (Å²) in [6, 6.07) is 0. The van der Waals surface area contributed by atoms with Crippen LogP contribution in [0.1, 0.15) is 41.5 Å². The van der Waals surface area contributed by atoms with Gasteiger partial charge in [0, 0.05) is 12.6 Å². The number of aromatic amines is 1. The molecular weight excluding hydrogens is 669 g/mol. The topological polar surface area (TPSA) is 241 Å². The van der Waals surface area contributed by atoms with Crippen LogP contribution in [0.3, 0.4) is 0 Å². The number of Topliss-reactive ketones (excluding diaryl/α,β-unsaturated/α-hetero) is 1. The van der Waals surface area contributed by atoms with Crippen LogP contribution in [0.15, 0.2) is 22.4 Å². The highest BCUT2D eigenvalue weighted by Gasteiger charge is 2.50. The lowest BCUT2D eigenvalue weighted by Crippen LogP contribution is -2.32. The molecule has 2 fully saturated rings. The molecule has 0 aliphatic carbocycles. The predicted octanol–water partition coefficient (Wildman–Crippen LogP) is 0.668. The van der Waals surface area contributed by atoms with E-state index in [0.29, 0.717) is 5.69 Å². The summed E-state index contributed by atoms with van der Waals surface area (Å²) in [5, 5.41) is 13.9. The number of hydrogen-bond acceptors (Lipinski definition) is 15. The molecule has 9 atom stereocenters. The van der Waals surface area contributed by atoms with Crippen molar-refractivity contribution in [3.05, 3.63) is 34.4 Å². The molecule has 0 spiro atoms. The minimum Gasteiger partial charge on any atom is -0.394 e. The number of nitrogens with zero attached hydrogens (tertiary/aromatic N) is 6. The third-order valence-electron chi connectivity index (χ3n) is 7.07. The van der Waals surface area contributed by atoms with E-state index >= 15 is 4.39 Å². The van der Waals surface area contributed by atoms with Crippen LogP contribution in [0, 0.1) is 0 Å². The second kappa shape index (κ2) is 12.3. The third-order valence-corrected chi connectivity index (χ3v) is 9.36. The number of ether oxygens (including phenoxy) is 2. The first-order valence-electron chi connectivity index (χ1n) is 12.9. The van der Waals surface area contributed by atoms with Crippen molar-refractivity contribution in [2.45, 2.75) is 55.8 Å². The number of fused-ring (bicyclic) bond motifs is 2. The highest BCUT2D eigenvalue weighted by Crippen LogP contribution is 2.51. The smallest absolute Gasteiger partial charge is 0.394 e. The quantitative estimate of drug-likeness (QED) is 0.145. The summed E-state index contributed by atoms with van der Waals surface area (Å²) < 4.78 is 57.9. The molecule has 0 radical (unpaired) electrons. The third kappa shape index (κ3) is 6.02. The summed E-state index contributed by atoms with van der Waals surface area (Å²) >= 11 is 8.99. The maximum absolute atomic E-state index is 15.4. The number of hydrogen-bond donors (Lipinski definition) is 5. The lowest BCUT2D eigenvalue weighted by atomic mass is 10.1. The Labute approximate surface area is 257 Å². The molecule has 0 saturated carbocycles. The van der Waals surface area contributed by atoms with Crippen molar-refractivity contribution in [2.75, 3.05) is 18.9 Å². The summed E-state index contributed by atoms with van der Waals surface area (Å²) in [5.74, 6) is -0.339. The summed E-state index contributed by atoms with van der Waals surface area (Å²) in [6.45, 7) is -5.48. The van der Waals surface area contributed by atoms with E-state index < -0.39 is 75.6 Å². The van der Waals surface area contributed by atoms with Gasteiger partial charge in [-0.15, -0.1) is 4.52 Å². The van der Waals surface area contributed by atoms with Crippen LogP contribution in [0.4, 0.5) is 10.3 Å². The number of imidazole rings is 2. The molecule has 18 nitrogen and oxygen atoms in total. The zero-order valence-electron chi connectivity index (χ0n) is 22.2. The number of halogens is 1. The van der Waals surface area contributed by atoms with Gasteiger partial charge >= 0.3 is 13.9 Å². The average Bonchev–Trinajstić information content (AvgIpc) is 3.73. The van der Waals surface area contributed by atoms with Gasteiger partial charge in [-0.25, -0.2) is 19.0 Å². The number of alkyl halides is 1. The molecule has 44 heavy (non-hydrogen) atoms. The summed E-state index contributed by atoms with van der Waals surface area (Å²) in [7, 11) is -2.39. The molecule has 3 aromatic rings. The Bertz CT molecular complexity index is 1750. The van der Waals surface area contributed by atoms with Gasteiger partial charge in [-0.2, -0.15) is 10.1 Å². The number of carbonyl (C=O) groups excluding carboxylic acids is 1. The molecule has 0 amide bonds. The molecule has 5 N–H and O–H groups in total. The van der Waals surface area contributed by atoms with Crippen molar-refractivity contribution < 1.29 is 46.8 Å². The second-order valence-electron chi connectivity index (χ2n) is 9.83. The Morgan fingerprint density at radius 3 is 2.86 bits per heavy atom. The normalized spacial score (nSPS) is 30.1. The monoisotopic (exact) mass is 693 g/mol. The van der Waals surface area contributed by atoms with Crippen LogP contribution in [-0.2, 0) is 39.4 Å². The minimum absolute atomic E-state index is 0.0675. The fourth-order valence-electron chi connectivity index (χ4n) is 5.13. The predicted molar refractivity (Wildman–Crippen MR) is 155 cm³/mol. The molecule has 2 saturated heterocycles. The van der Waals surface area contributed by atoms with E-state index in [1.165, 1.54) is 21.7 Å². The molecule has 3 aromatic heterocycles. The summed E-state index contributed by atoms with van der Waals surface area (Å²) in [5.41, 5.74) is 5.23. The SMILES string of the molecule is Nc1nc2c(ncn2[C@@H]2O[C@H](CO)[C@@H](F)[C@H]2OP(O)(=S)OC[C@H]2O[C@@H](c3cnc4n3N=CCC4=O)C[C@@H]2O[P+](=O)S)c(=O)[nH]1. The van der Waals surface area contributed by atoms with Crippen LogP contribution in [-0.4, -0.2) is 95.0 Å². The summed E-state index contributed by atoms with van der Waals surface area (Å²) in [6.07, 6.45) is -4.78. The molecule has 6 heterocycles. The molecule has 3 aliphatic rings. The zero-order chi connectivity index (χ0) is 31.3. The van der Waals surface area contributed by atoms with Gasteiger partial charge in [-0.1, -0.05) is 0 Å². The van der Waals surface area contributed by atoms with Crippen molar-refractivity contribution in [3.63, 3.8) is 0 Å². The maximum atomic E-state index is 15.4. The molecule has 0 aromatic carbocycles. The van der Waals surface area contributed by atoms with Crippen molar-refractivity contribution >= 4 is 67.1 Å². The molecule has 23 heteroatoms. The van der Waals surface area contributed by atoms with E-state index in [1.54, 1.807) is 0 Å². The lowest BCUT2D eigenvalue weighted by Gasteiger charge is -2.26. The number of carbonyl (C=O) groups is 1. The van der Waals surface area contributed by atoms with E-state index in [2.05, 4.69) is 37.3 Å². The number of rotatable bonds is 10. The van der Waals surface area contributed by atoms with Gasteiger partial charge < -0.3 is 29.7 Å². The zero-order valence-corrected chi connectivity index (χ0v) is 25.7. The number of nitrogens with two attached hydrogens (primary N) is 1. The molecule has 0 bridgehead atoms. The molecule has 236 valence electrons. The van der Waals surface area contributed by atoms with Gasteiger partial charge in [-0.05, 0) is 16.4 Å². The number of nitrogen functional groups attached to an aromatic ring is 1. The first kappa shape index (κ1) is 31.4. The van der Waals surface area contributed by atoms with Gasteiger partial charge in [0.1, 0.15) is 42.8 Å². The van der Waals surface area contributed by atoms with Crippen LogP contribution in [0.5, 0.6) is 0 Å². The van der Waals surface area contributed by atoms with E-state index in [1.807, 2.05) is 0 Å². The fourth-order valence-corrected chi connectivity index (χ4v) is 7.35. The van der Waals surface area contributed by atoms with Gasteiger partial charge in [0.2, 0.25) is 11.7 Å². The lowest BCUT2D eigenvalue weighted by molar-refractivity contribution is -0.0502. The summed E-state index contributed by atoms with van der Waals surface area (Å²) in [4.78, 5) is 49.8. The Morgan fingerprint density at radius 2 is 2.11 bits per heavy atom. The molecule has 3 aliphatic heterocycles. The minimum atomic E-state index is -4.28. The van der Waals surface area contributed by atoms with Crippen molar-refractivity contribution in [1.82, 2.24) is 29.2 Å². The highest BCUT2D eigenvalue weighted by molar-refractivity contribution is 8.39. The Balaban J connectivity index is 1.20. The number of nitrogens with one attached hydrogen (secondary N) is 1. The van der Waals surface area contributed by atoms with E-state index in [0.717, 1.165) is 6.33 Å². The maximum Gasteiger partial charge on any atom is 0.582 e. The molecule has 6 rings (SSSR count). The van der Waals surface area contributed by atoms with Crippen molar-refractivity contribution in [3.8, 4) is 0 Å². The van der Waals surface area contributed by atoms with Crippen LogP contribution in [0.25, 0.3) is 11.2 Å². The van der Waals surface area contributed by atoms with Crippen LogP contribution < -0.4 is 11.3 Å². The van der Waals surface area contributed by atoms with Gasteiger partial charge in [0.15, 0.2) is 29.4 Å². The number of aromatic nitrogens is 6. The van der Waals surface area contributed by atoms with E-state index in [-0.39, 0.29) is 41.6 Å². The van der Waals surface area contributed by atoms with Gasteiger partial charge in [0.25, 0.3) is 5.56 Å². The number of aliphatic hydroxyl groups excluding tert-OH is 1. The number of aliphatic hydroxyl groups is 1. The largest absolute Gasteiger partial charge is 0.582 e. The number of anilines is 1. The number of H-pyrrole nitrogens is 1. The standard InChI is InChI=1S/C21H23FN8O10P2S2/c22-14-12(5-31)38-20(29-7-25-15-18(29)27-21(23)28-19(15)33)16(14)40-42(35,44)36-6-13-11(39-41(34)43)3-10(37-13)8-4-24-17-9(32)1-2-26-30(8)17/h2,4,7,10-14,16,20,31H,1,3,5-6H2,(H4-,23,27,28,33,34,35,43,44)/p+1/t10-,11+,12-,13-,14-,16-,20-,42?/m1/s1.